The van der Waals surface area contributed by atoms with Crippen LogP contribution in [-0.2, 0) is 6.54 Å². The van der Waals surface area contributed by atoms with Crippen LogP contribution in [0.25, 0.3) is 11.0 Å². The van der Waals surface area contributed by atoms with E-state index in [-0.39, 0.29) is 0 Å². The quantitative estimate of drug-likeness (QED) is 0.699. The number of benzene rings is 1. The van der Waals surface area contributed by atoms with Crippen LogP contribution >= 0.6 is 12.2 Å². The molecule has 84 valence electrons. The molecule has 0 fully saturated rings. The fourth-order valence-corrected chi connectivity index (χ4v) is 2.21. The second-order valence-corrected chi connectivity index (χ2v) is 4.28. The topological polar surface area (TPSA) is 33.6 Å². The van der Waals surface area contributed by atoms with Gasteiger partial charge in [0, 0.05) is 12.4 Å². The first-order valence-corrected chi connectivity index (χ1v) is 5.82. The molecule has 0 radical (unpaired) electrons. The van der Waals surface area contributed by atoms with Crippen LogP contribution in [0, 0.1) is 4.77 Å². The van der Waals surface area contributed by atoms with Gasteiger partial charge in [-0.2, -0.15) is 0 Å². The molecule has 4 heteroatoms. The molecule has 0 spiro atoms. The van der Waals surface area contributed by atoms with Gasteiger partial charge in [0.1, 0.15) is 0 Å². The number of pyridine rings is 1. The molecule has 0 saturated carbocycles. The second-order valence-electron chi connectivity index (χ2n) is 3.89. The number of aromatic amines is 1. The zero-order chi connectivity index (χ0) is 11.7. The van der Waals surface area contributed by atoms with Gasteiger partial charge in [-0.05, 0) is 42.0 Å². The predicted octanol–water partition coefficient (Wildman–Crippen LogP) is 3.14. The number of fused-ring (bicyclic) bond motifs is 1. The maximum absolute atomic E-state index is 5.34. The monoisotopic (exact) mass is 241 g/mol. The Labute approximate surface area is 104 Å². The van der Waals surface area contributed by atoms with Gasteiger partial charge in [-0.1, -0.05) is 12.1 Å². The van der Waals surface area contributed by atoms with Crippen LogP contribution < -0.4 is 0 Å². The van der Waals surface area contributed by atoms with Crippen molar-refractivity contribution in [3.05, 3.63) is 59.1 Å². The lowest BCUT2D eigenvalue weighted by molar-refractivity contribution is 0.809. The summed E-state index contributed by atoms with van der Waals surface area (Å²) in [5.41, 5.74) is 3.40. The molecule has 17 heavy (non-hydrogen) atoms. The molecule has 3 rings (SSSR count). The highest BCUT2D eigenvalue weighted by atomic mass is 32.1. The summed E-state index contributed by atoms with van der Waals surface area (Å²) >= 11 is 5.34. The minimum absolute atomic E-state index is 0.753. The third kappa shape index (κ3) is 1.87. The molecule has 3 aromatic rings. The molecule has 0 atom stereocenters. The number of hydrogen-bond acceptors (Lipinski definition) is 2. The summed E-state index contributed by atoms with van der Waals surface area (Å²) in [5, 5.41) is 0. The first-order chi connectivity index (χ1) is 8.34. The Hall–Kier alpha value is -1.94. The number of para-hydroxylation sites is 2. The molecule has 0 unspecified atom stereocenters. The van der Waals surface area contributed by atoms with Gasteiger partial charge >= 0.3 is 0 Å². The highest BCUT2D eigenvalue weighted by Gasteiger charge is 2.03. The normalized spacial score (nSPS) is 10.8. The van der Waals surface area contributed by atoms with E-state index in [1.807, 2.05) is 30.3 Å². The van der Waals surface area contributed by atoms with Gasteiger partial charge < -0.3 is 9.55 Å². The van der Waals surface area contributed by atoms with Crippen molar-refractivity contribution in [1.29, 1.82) is 0 Å². The van der Waals surface area contributed by atoms with Crippen molar-refractivity contribution in [2.24, 2.45) is 0 Å². The lowest BCUT2D eigenvalue weighted by Crippen LogP contribution is -1.99. The minimum Gasteiger partial charge on any atom is -0.331 e. The molecule has 0 aliphatic heterocycles. The number of hydrogen-bond donors (Lipinski definition) is 1. The first-order valence-electron chi connectivity index (χ1n) is 5.41. The summed E-state index contributed by atoms with van der Waals surface area (Å²) in [6, 6.07) is 12.1. The highest BCUT2D eigenvalue weighted by Crippen LogP contribution is 2.15. The fraction of sp³-hybridized carbons (Fsp3) is 0.0769. The number of H-pyrrole nitrogens is 1. The highest BCUT2D eigenvalue weighted by molar-refractivity contribution is 7.71. The van der Waals surface area contributed by atoms with E-state index in [0.29, 0.717) is 0 Å². The second kappa shape index (κ2) is 4.14. The van der Waals surface area contributed by atoms with E-state index in [2.05, 4.69) is 20.6 Å². The average molecular weight is 241 g/mol. The van der Waals surface area contributed by atoms with Crippen LogP contribution in [0.4, 0.5) is 0 Å². The van der Waals surface area contributed by atoms with Crippen molar-refractivity contribution >= 4 is 23.3 Å². The molecule has 2 heterocycles. The Bertz CT molecular complexity index is 697. The van der Waals surface area contributed by atoms with Crippen LogP contribution in [0.15, 0.2) is 48.8 Å². The Kier molecular flexibility index (Phi) is 2.49. The summed E-state index contributed by atoms with van der Waals surface area (Å²) in [7, 11) is 0. The van der Waals surface area contributed by atoms with E-state index in [4.69, 9.17) is 12.2 Å². The Morgan fingerprint density at radius 2 is 1.88 bits per heavy atom. The van der Waals surface area contributed by atoms with E-state index in [0.717, 1.165) is 22.3 Å². The SMILES string of the molecule is S=c1[nH]c2ccccc2n1Cc1ccncc1. The van der Waals surface area contributed by atoms with E-state index in [1.54, 1.807) is 12.4 Å². The van der Waals surface area contributed by atoms with Crippen molar-refractivity contribution in [3.63, 3.8) is 0 Å². The zero-order valence-electron chi connectivity index (χ0n) is 9.13. The fourth-order valence-electron chi connectivity index (χ4n) is 1.93. The molecule has 2 aromatic heterocycles. The largest absolute Gasteiger partial charge is 0.331 e. The third-order valence-electron chi connectivity index (χ3n) is 2.77. The van der Waals surface area contributed by atoms with Crippen molar-refractivity contribution in [1.82, 2.24) is 14.5 Å². The van der Waals surface area contributed by atoms with Gasteiger partial charge in [0.05, 0.1) is 17.6 Å². The van der Waals surface area contributed by atoms with E-state index in [1.165, 1.54) is 5.56 Å². The number of imidazole rings is 1. The van der Waals surface area contributed by atoms with Gasteiger partial charge in [-0.3, -0.25) is 4.98 Å². The van der Waals surface area contributed by atoms with Crippen LogP contribution in [0.1, 0.15) is 5.56 Å². The summed E-state index contributed by atoms with van der Waals surface area (Å²) in [6.07, 6.45) is 3.60. The summed E-state index contributed by atoms with van der Waals surface area (Å²) in [5.74, 6) is 0. The Morgan fingerprint density at radius 3 is 2.71 bits per heavy atom. The number of aromatic nitrogens is 3. The molecule has 0 saturated heterocycles. The molecule has 1 N–H and O–H groups in total. The maximum Gasteiger partial charge on any atom is 0.178 e. The third-order valence-corrected chi connectivity index (χ3v) is 3.09. The Morgan fingerprint density at radius 1 is 1.12 bits per heavy atom. The lowest BCUT2D eigenvalue weighted by Gasteiger charge is -2.03. The van der Waals surface area contributed by atoms with Crippen LogP contribution in [0.3, 0.4) is 0 Å². The molecule has 0 bridgehead atoms. The van der Waals surface area contributed by atoms with Crippen molar-refractivity contribution in [2.45, 2.75) is 6.54 Å². The first kappa shape index (κ1) is 10.2. The number of rotatable bonds is 2. The van der Waals surface area contributed by atoms with Gasteiger partial charge in [0.15, 0.2) is 4.77 Å². The maximum atomic E-state index is 5.34. The van der Waals surface area contributed by atoms with Gasteiger partial charge in [0.25, 0.3) is 0 Å². The van der Waals surface area contributed by atoms with Crippen LogP contribution in [0.5, 0.6) is 0 Å². The molecule has 0 amide bonds. The van der Waals surface area contributed by atoms with Crippen molar-refractivity contribution < 1.29 is 0 Å². The predicted molar refractivity (Wildman–Crippen MR) is 70.5 cm³/mol. The summed E-state index contributed by atoms with van der Waals surface area (Å²) in [4.78, 5) is 7.23. The summed E-state index contributed by atoms with van der Waals surface area (Å²) in [6.45, 7) is 0.769. The molecule has 3 nitrogen and oxygen atoms in total. The standard InChI is InChI=1S/C13H11N3S/c17-13-15-11-3-1-2-4-12(11)16(13)9-10-5-7-14-8-6-10/h1-8H,9H2,(H,15,17). The number of nitrogens with one attached hydrogen (secondary N) is 1. The Balaban J connectivity index is 2.12. The van der Waals surface area contributed by atoms with Gasteiger partial charge in [0.2, 0.25) is 0 Å². The smallest absolute Gasteiger partial charge is 0.178 e. The lowest BCUT2D eigenvalue weighted by atomic mass is 10.2. The zero-order valence-corrected chi connectivity index (χ0v) is 9.95. The molecular weight excluding hydrogens is 230 g/mol. The number of nitrogens with zero attached hydrogens (tertiary/aromatic N) is 2. The molecular formula is C13H11N3S. The van der Waals surface area contributed by atoms with Gasteiger partial charge in [-0.15, -0.1) is 0 Å². The van der Waals surface area contributed by atoms with Crippen molar-refractivity contribution in [3.8, 4) is 0 Å². The van der Waals surface area contributed by atoms with E-state index >= 15 is 0 Å². The molecule has 1 aromatic carbocycles. The molecule has 0 aliphatic rings. The van der Waals surface area contributed by atoms with Crippen LogP contribution in [-0.4, -0.2) is 14.5 Å². The minimum atomic E-state index is 0.753. The van der Waals surface area contributed by atoms with Gasteiger partial charge in [-0.25, -0.2) is 0 Å². The van der Waals surface area contributed by atoms with Crippen molar-refractivity contribution in [2.75, 3.05) is 0 Å². The van der Waals surface area contributed by atoms with Crippen LogP contribution in [0.2, 0.25) is 0 Å². The summed E-state index contributed by atoms with van der Waals surface area (Å²) < 4.78 is 2.85. The van der Waals surface area contributed by atoms with E-state index < -0.39 is 0 Å². The molecule has 0 aliphatic carbocycles. The van der Waals surface area contributed by atoms with E-state index in [9.17, 15) is 0 Å². The average Bonchev–Trinajstić information content (AvgIpc) is 2.68.